The zero-order valence-electron chi connectivity index (χ0n) is 14.2. The minimum Gasteiger partial charge on any atom is -0.444 e. The molecule has 0 amide bonds. The van der Waals surface area contributed by atoms with Crippen molar-refractivity contribution in [2.75, 3.05) is 6.73 Å². The van der Waals surface area contributed by atoms with Crippen LogP contribution < -0.4 is 15.3 Å². The molecule has 1 fully saturated rings. The van der Waals surface area contributed by atoms with Crippen molar-refractivity contribution in [1.82, 2.24) is 0 Å². The van der Waals surface area contributed by atoms with E-state index in [0.717, 1.165) is 66.4 Å². The maximum Gasteiger partial charge on any atom is 0.339 e. The second-order valence-corrected chi connectivity index (χ2v) is 7.67. The van der Waals surface area contributed by atoms with E-state index in [1.807, 2.05) is 6.92 Å². The Hall–Kier alpha value is -1.81. The van der Waals surface area contributed by atoms with Crippen LogP contribution in [0.15, 0.2) is 15.3 Å². The maximum absolute atomic E-state index is 12.3. The van der Waals surface area contributed by atoms with Gasteiger partial charge in [0.1, 0.15) is 17.9 Å². The number of benzene rings is 1. The number of fused-ring (bicyclic) bond motifs is 4. The maximum atomic E-state index is 12.3. The summed E-state index contributed by atoms with van der Waals surface area (Å²) in [5, 5.41) is 1.15. The summed E-state index contributed by atoms with van der Waals surface area (Å²) in [6.45, 7) is 3.80. The van der Waals surface area contributed by atoms with Gasteiger partial charge in [-0.1, -0.05) is 0 Å². The average Bonchev–Trinajstić information content (AvgIpc) is 3.28. The minimum atomic E-state index is -0.146. The molecular weight excluding hydrogens is 302 g/mol. The summed E-state index contributed by atoms with van der Waals surface area (Å²) in [7, 11) is 0. The van der Waals surface area contributed by atoms with Gasteiger partial charge in [-0.15, -0.1) is 0 Å². The van der Waals surface area contributed by atoms with Gasteiger partial charge in [0.05, 0.1) is 6.04 Å². The fourth-order valence-corrected chi connectivity index (χ4v) is 5.02. The van der Waals surface area contributed by atoms with Crippen molar-refractivity contribution < 1.29 is 14.1 Å². The first-order valence-electron chi connectivity index (χ1n) is 9.31. The van der Waals surface area contributed by atoms with Crippen LogP contribution in [0.3, 0.4) is 0 Å². The number of aryl methyl sites for hydroxylation is 2. The molecule has 0 radical (unpaired) electrons. The van der Waals surface area contributed by atoms with E-state index in [9.17, 15) is 4.79 Å². The Morgan fingerprint density at radius 1 is 1.12 bits per heavy atom. The van der Waals surface area contributed by atoms with E-state index in [1.165, 1.54) is 36.8 Å². The van der Waals surface area contributed by atoms with Crippen molar-refractivity contribution in [2.24, 2.45) is 0 Å². The average molecular weight is 326 g/mol. The number of nitrogens with one attached hydrogen (secondary N) is 1. The first kappa shape index (κ1) is 14.5. The van der Waals surface area contributed by atoms with Crippen molar-refractivity contribution in [3.05, 3.63) is 38.7 Å². The van der Waals surface area contributed by atoms with Crippen LogP contribution >= 0.6 is 0 Å². The molecule has 2 aliphatic carbocycles. The van der Waals surface area contributed by atoms with Gasteiger partial charge in [0, 0.05) is 22.1 Å². The normalized spacial score (nSPS) is 23.3. The van der Waals surface area contributed by atoms with Crippen LogP contribution in [0.25, 0.3) is 11.0 Å². The van der Waals surface area contributed by atoms with Gasteiger partial charge in [-0.25, -0.2) is 4.79 Å². The van der Waals surface area contributed by atoms with Gasteiger partial charge in [-0.2, -0.15) is 0 Å². The molecule has 1 N–H and O–H groups in total. The van der Waals surface area contributed by atoms with Gasteiger partial charge in [-0.3, -0.25) is 4.90 Å². The zero-order chi connectivity index (χ0) is 16.3. The number of rotatable bonds is 1. The quantitative estimate of drug-likeness (QED) is 0.818. The summed E-state index contributed by atoms with van der Waals surface area (Å²) in [6.07, 6.45) is 8.28. The Bertz CT molecular complexity index is 877. The summed E-state index contributed by atoms with van der Waals surface area (Å²) >= 11 is 0. The lowest BCUT2D eigenvalue weighted by molar-refractivity contribution is -0.955. The number of hydrogen-bond acceptors (Lipinski definition) is 3. The molecule has 1 unspecified atom stereocenters. The molecule has 4 nitrogen and oxygen atoms in total. The molecule has 0 saturated heterocycles. The van der Waals surface area contributed by atoms with Gasteiger partial charge in [0.15, 0.2) is 0 Å². The van der Waals surface area contributed by atoms with E-state index in [1.54, 1.807) is 4.90 Å². The molecular formula is C20H24NO3+. The lowest BCUT2D eigenvalue weighted by Gasteiger charge is -2.31. The highest BCUT2D eigenvalue weighted by Gasteiger charge is 2.32. The van der Waals surface area contributed by atoms with Crippen LogP contribution in [-0.2, 0) is 19.4 Å². The Morgan fingerprint density at radius 2 is 1.92 bits per heavy atom. The standard InChI is InChI=1S/C20H23NO3/c1-12-18-13(10-21(11-23-18)14-5-2-3-6-14)9-17-15-7-4-8-16(15)20(22)24-19(12)17/h9,14H,2-8,10-11H2,1H3/p+1. The molecule has 5 rings (SSSR count). The highest BCUT2D eigenvalue weighted by atomic mass is 16.5. The van der Waals surface area contributed by atoms with Gasteiger partial charge in [0.2, 0.25) is 6.73 Å². The van der Waals surface area contributed by atoms with Crippen LogP contribution in [0.2, 0.25) is 0 Å². The zero-order valence-corrected chi connectivity index (χ0v) is 14.2. The van der Waals surface area contributed by atoms with Crippen LogP contribution in [-0.4, -0.2) is 12.8 Å². The van der Waals surface area contributed by atoms with Crippen LogP contribution in [0.1, 0.15) is 54.4 Å². The monoisotopic (exact) mass is 326 g/mol. The molecule has 1 saturated carbocycles. The Balaban J connectivity index is 1.65. The van der Waals surface area contributed by atoms with Gasteiger partial charge in [-0.05, 0) is 63.5 Å². The predicted molar refractivity (Wildman–Crippen MR) is 91.7 cm³/mol. The molecule has 126 valence electrons. The predicted octanol–water partition coefficient (Wildman–Crippen LogP) is 2.27. The summed E-state index contributed by atoms with van der Waals surface area (Å²) < 4.78 is 11.8. The van der Waals surface area contributed by atoms with E-state index in [-0.39, 0.29) is 5.63 Å². The van der Waals surface area contributed by atoms with Gasteiger partial charge < -0.3 is 9.15 Å². The van der Waals surface area contributed by atoms with Crippen LogP contribution in [0, 0.1) is 6.92 Å². The number of ether oxygens (including phenoxy) is 1. The molecule has 1 aliphatic heterocycles. The molecule has 0 spiro atoms. The van der Waals surface area contributed by atoms with E-state index in [2.05, 4.69) is 6.07 Å². The third kappa shape index (κ3) is 2.05. The van der Waals surface area contributed by atoms with Crippen LogP contribution in [0.4, 0.5) is 0 Å². The third-order valence-corrected chi connectivity index (χ3v) is 6.27. The minimum absolute atomic E-state index is 0.146. The summed E-state index contributed by atoms with van der Waals surface area (Å²) in [5.41, 5.74) is 5.00. The highest BCUT2D eigenvalue weighted by molar-refractivity contribution is 5.87. The van der Waals surface area contributed by atoms with Gasteiger partial charge in [0.25, 0.3) is 0 Å². The van der Waals surface area contributed by atoms with Crippen molar-refractivity contribution in [3.63, 3.8) is 0 Å². The number of quaternary nitrogens is 1. The Labute approximate surface area is 141 Å². The van der Waals surface area contributed by atoms with E-state index < -0.39 is 0 Å². The first-order chi connectivity index (χ1) is 11.7. The SMILES string of the molecule is Cc1c2c(cc3c4c(c(=O)oc13)CCC4)C[NH+](C1CCCC1)CO2. The Kier molecular flexibility index (Phi) is 3.24. The second kappa shape index (κ2) is 5.35. The van der Waals surface area contributed by atoms with Gasteiger partial charge >= 0.3 is 5.63 Å². The van der Waals surface area contributed by atoms with E-state index in [0.29, 0.717) is 0 Å². The molecule has 0 bridgehead atoms. The summed E-state index contributed by atoms with van der Waals surface area (Å²) in [5.74, 6) is 0.949. The molecule has 4 heteroatoms. The molecule has 1 atom stereocenters. The molecule has 2 aromatic rings. The number of hydrogen-bond donors (Lipinski definition) is 1. The fraction of sp³-hybridized carbons (Fsp3) is 0.550. The lowest BCUT2D eigenvalue weighted by atomic mass is 9.98. The second-order valence-electron chi connectivity index (χ2n) is 7.67. The van der Waals surface area contributed by atoms with Crippen molar-refractivity contribution >= 4 is 11.0 Å². The van der Waals surface area contributed by atoms with E-state index in [4.69, 9.17) is 9.15 Å². The highest BCUT2D eigenvalue weighted by Crippen LogP contribution is 2.36. The first-order valence-corrected chi connectivity index (χ1v) is 9.31. The van der Waals surface area contributed by atoms with Crippen molar-refractivity contribution in [3.8, 4) is 5.75 Å². The molecule has 3 aliphatic rings. The topological polar surface area (TPSA) is 43.9 Å². The van der Waals surface area contributed by atoms with Crippen molar-refractivity contribution in [1.29, 1.82) is 0 Å². The molecule has 2 heterocycles. The molecule has 1 aromatic carbocycles. The third-order valence-electron chi connectivity index (χ3n) is 6.27. The lowest BCUT2D eigenvalue weighted by Crippen LogP contribution is -3.15. The summed E-state index contributed by atoms with van der Waals surface area (Å²) in [6, 6.07) is 2.99. The smallest absolute Gasteiger partial charge is 0.339 e. The summed E-state index contributed by atoms with van der Waals surface area (Å²) in [4.78, 5) is 13.8. The molecule has 1 aromatic heterocycles. The van der Waals surface area contributed by atoms with Crippen LogP contribution in [0.5, 0.6) is 5.75 Å². The molecule has 24 heavy (non-hydrogen) atoms. The van der Waals surface area contributed by atoms with E-state index >= 15 is 0 Å². The van der Waals surface area contributed by atoms with Crippen molar-refractivity contribution in [2.45, 2.75) is 64.5 Å². The fourth-order valence-electron chi connectivity index (χ4n) is 5.02. The Morgan fingerprint density at radius 3 is 2.75 bits per heavy atom. The largest absolute Gasteiger partial charge is 0.444 e.